The number of rotatable bonds is 5. The minimum absolute atomic E-state index is 0.0196. The van der Waals surface area contributed by atoms with E-state index in [0.717, 1.165) is 42.6 Å². The first-order valence-corrected chi connectivity index (χ1v) is 9.64. The van der Waals surface area contributed by atoms with Crippen molar-refractivity contribution in [1.82, 2.24) is 0 Å². The lowest BCUT2D eigenvalue weighted by Crippen LogP contribution is -2.13. The van der Waals surface area contributed by atoms with Crippen molar-refractivity contribution in [1.29, 1.82) is 0 Å². The first-order chi connectivity index (χ1) is 13.5. The van der Waals surface area contributed by atoms with Crippen LogP contribution < -0.4 is 5.73 Å². The molecule has 1 aromatic carbocycles. The van der Waals surface area contributed by atoms with Crippen LogP contribution in [-0.2, 0) is 33.7 Å². The Bertz CT molecular complexity index is 933. The SMILES string of the molecule is COC(=O)c1sc(N)c(C(=O)OC)c1COC(=O)c1ccc2c(c1)CCCC2. The van der Waals surface area contributed by atoms with E-state index in [9.17, 15) is 14.4 Å². The number of hydrogen-bond donors (Lipinski definition) is 1. The van der Waals surface area contributed by atoms with Crippen molar-refractivity contribution in [3.05, 3.63) is 50.9 Å². The van der Waals surface area contributed by atoms with E-state index in [-0.39, 0.29) is 27.6 Å². The molecule has 0 fully saturated rings. The number of methoxy groups -OCH3 is 2. The molecule has 2 aromatic rings. The summed E-state index contributed by atoms with van der Waals surface area (Å²) < 4.78 is 14.9. The van der Waals surface area contributed by atoms with Crippen molar-refractivity contribution in [3.63, 3.8) is 0 Å². The lowest BCUT2D eigenvalue weighted by atomic mass is 9.90. The van der Waals surface area contributed by atoms with Gasteiger partial charge >= 0.3 is 17.9 Å². The molecule has 2 N–H and O–H groups in total. The quantitative estimate of drug-likeness (QED) is 0.604. The first-order valence-electron chi connectivity index (χ1n) is 8.83. The molecule has 1 heterocycles. The van der Waals surface area contributed by atoms with Crippen LogP contribution in [0.5, 0.6) is 0 Å². The second kappa shape index (κ2) is 8.43. The molecule has 8 heteroatoms. The fourth-order valence-electron chi connectivity index (χ4n) is 3.29. The average Bonchev–Trinajstić information content (AvgIpc) is 3.06. The zero-order valence-electron chi connectivity index (χ0n) is 15.7. The van der Waals surface area contributed by atoms with Crippen LogP contribution in [0.2, 0.25) is 0 Å². The lowest BCUT2D eigenvalue weighted by Gasteiger charge is -2.16. The van der Waals surface area contributed by atoms with Crippen molar-refractivity contribution >= 4 is 34.2 Å². The van der Waals surface area contributed by atoms with Gasteiger partial charge in [-0.2, -0.15) is 0 Å². The van der Waals surface area contributed by atoms with Gasteiger partial charge in [0.2, 0.25) is 0 Å². The van der Waals surface area contributed by atoms with Crippen LogP contribution >= 0.6 is 11.3 Å². The molecule has 7 nitrogen and oxygen atoms in total. The number of thiophene rings is 1. The molecule has 1 aromatic heterocycles. The number of carbonyl (C=O) groups is 3. The second-order valence-electron chi connectivity index (χ2n) is 6.40. The van der Waals surface area contributed by atoms with Crippen LogP contribution in [0.3, 0.4) is 0 Å². The smallest absolute Gasteiger partial charge is 0.348 e. The fourth-order valence-corrected chi connectivity index (χ4v) is 4.27. The maximum Gasteiger partial charge on any atom is 0.348 e. The molecule has 1 aliphatic rings. The molecule has 148 valence electrons. The summed E-state index contributed by atoms with van der Waals surface area (Å²) in [5.74, 6) is -1.90. The third-order valence-corrected chi connectivity index (χ3v) is 5.77. The number of nitrogen functional groups attached to an aromatic ring is 1. The summed E-state index contributed by atoms with van der Waals surface area (Å²) in [6.07, 6.45) is 4.22. The van der Waals surface area contributed by atoms with Gasteiger partial charge in [0.15, 0.2) is 0 Å². The van der Waals surface area contributed by atoms with Crippen LogP contribution in [0.25, 0.3) is 0 Å². The topological polar surface area (TPSA) is 105 Å². The van der Waals surface area contributed by atoms with Crippen LogP contribution in [-0.4, -0.2) is 32.1 Å². The maximum absolute atomic E-state index is 12.5. The van der Waals surface area contributed by atoms with Crippen molar-refractivity contribution < 1.29 is 28.6 Å². The molecule has 1 aliphatic carbocycles. The molecule has 0 aliphatic heterocycles. The van der Waals surface area contributed by atoms with Gasteiger partial charge in [0.1, 0.15) is 22.0 Å². The summed E-state index contributed by atoms with van der Waals surface area (Å²) in [6.45, 7) is -0.293. The maximum atomic E-state index is 12.5. The monoisotopic (exact) mass is 403 g/mol. The highest BCUT2D eigenvalue weighted by molar-refractivity contribution is 7.18. The number of benzene rings is 1. The highest BCUT2D eigenvalue weighted by atomic mass is 32.1. The third kappa shape index (κ3) is 3.87. The number of carbonyl (C=O) groups excluding carboxylic acids is 3. The number of aryl methyl sites for hydroxylation is 2. The molecule has 0 saturated heterocycles. The van der Waals surface area contributed by atoms with Gasteiger partial charge in [-0.05, 0) is 48.9 Å². The van der Waals surface area contributed by atoms with Crippen molar-refractivity contribution in [3.8, 4) is 0 Å². The zero-order chi connectivity index (χ0) is 20.3. The van der Waals surface area contributed by atoms with Gasteiger partial charge in [-0.25, -0.2) is 14.4 Å². The van der Waals surface area contributed by atoms with Gasteiger partial charge in [0, 0.05) is 5.56 Å². The van der Waals surface area contributed by atoms with Crippen molar-refractivity contribution in [2.24, 2.45) is 0 Å². The summed E-state index contributed by atoms with van der Waals surface area (Å²) in [7, 11) is 2.43. The van der Waals surface area contributed by atoms with E-state index in [4.69, 9.17) is 19.9 Å². The van der Waals surface area contributed by atoms with Gasteiger partial charge in [-0.1, -0.05) is 6.07 Å². The van der Waals surface area contributed by atoms with Crippen molar-refractivity contribution in [2.75, 3.05) is 20.0 Å². The predicted octanol–water partition coefficient (Wildman–Crippen LogP) is 3.14. The van der Waals surface area contributed by atoms with Gasteiger partial charge in [0.25, 0.3) is 0 Å². The molecule has 0 bridgehead atoms. The Morgan fingerprint density at radius 1 is 1.00 bits per heavy atom. The standard InChI is InChI=1S/C20H21NO6S/c1-25-19(23)15-14(16(20(24)26-2)28-17(15)21)10-27-18(22)13-8-7-11-5-3-4-6-12(11)9-13/h7-9H,3-6,10,21H2,1-2H3. The van der Waals surface area contributed by atoms with E-state index in [2.05, 4.69) is 0 Å². The van der Waals surface area contributed by atoms with Gasteiger partial charge in [-0.15, -0.1) is 11.3 Å². The Morgan fingerprint density at radius 3 is 2.36 bits per heavy atom. The molecular weight excluding hydrogens is 382 g/mol. The Hall–Kier alpha value is -2.87. The Morgan fingerprint density at radius 2 is 1.68 bits per heavy atom. The number of fused-ring (bicyclic) bond motifs is 1. The van der Waals surface area contributed by atoms with E-state index in [1.165, 1.54) is 19.8 Å². The molecule has 0 spiro atoms. The van der Waals surface area contributed by atoms with Crippen LogP contribution in [0.4, 0.5) is 5.00 Å². The fraction of sp³-hybridized carbons (Fsp3) is 0.350. The Balaban J connectivity index is 1.84. The Labute approximate surface area is 166 Å². The van der Waals surface area contributed by atoms with Gasteiger partial charge < -0.3 is 19.9 Å². The summed E-state index contributed by atoms with van der Waals surface area (Å²) in [6, 6.07) is 5.53. The first kappa shape index (κ1) is 19.9. The van der Waals surface area contributed by atoms with E-state index in [0.29, 0.717) is 5.56 Å². The normalized spacial score (nSPS) is 12.8. The number of nitrogens with two attached hydrogens (primary N) is 1. The van der Waals surface area contributed by atoms with Gasteiger partial charge in [-0.3, -0.25) is 0 Å². The van der Waals surface area contributed by atoms with Crippen LogP contribution in [0.1, 0.15) is 59.9 Å². The number of anilines is 1. The summed E-state index contributed by atoms with van der Waals surface area (Å²) in [5.41, 5.74) is 8.93. The van der Waals surface area contributed by atoms with Crippen LogP contribution in [0, 0.1) is 0 Å². The summed E-state index contributed by atoms with van der Waals surface area (Å²) >= 11 is 0.895. The molecular formula is C20H21NO6S. The third-order valence-electron chi connectivity index (χ3n) is 4.73. The molecule has 3 rings (SSSR count). The number of hydrogen-bond acceptors (Lipinski definition) is 8. The Kier molecular flexibility index (Phi) is 5.99. The minimum atomic E-state index is -0.705. The van der Waals surface area contributed by atoms with Gasteiger partial charge in [0.05, 0.1) is 19.8 Å². The second-order valence-corrected chi connectivity index (χ2v) is 7.45. The highest BCUT2D eigenvalue weighted by Gasteiger charge is 2.28. The molecule has 0 unspecified atom stereocenters. The summed E-state index contributed by atoms with van der Waals surface area (Å²) in [4.78, 5) is 36.7. The van der Waals surface area contributed by atoms with E-state index < -0.39 is 17.9 Å². The minimum Gasteiger partial charge on any atom is -0.465 e. The van der Waals surface area contributed by atoms with Crippen LogP contribution in [0.15, 0.2) is 18.2 Å². The largest absolute Gasteiger partial charge is 0.465 e. The molecule has 0 amide bonds. The predicted molar refractivity (Wildman–Crippen MR) is 104 cm³/mol. The summed E-state index contributed by atoms with van der Waals surface area (Å²) in [5, 5.41) is 0.104. The van der Waals surface area contributed by atoms with E-state index in [1.807, 2.05) is 12.1 Å². The molecule has 0 saturated carbocycles. The number of esters is 3. The average molecular weight is 403 g/mol. The molecule has 28 heavy (non-hydrogen) atoms. The lowest BCUT2D eigenvalue weighted by molar-refractivity contribution is 0.0452. The van der Waals surface area contributed by atoms with Crippen molar-refractivity contribution in [2.45, 2.75) is 32.3 Å². The zero-order valence-corrected chi connectivity index (χ0v) is 16.5. The molecule has 0 radical (unpaired) electrons. The number of ether oxygens (including phenoxy) is 3. The van der Waals surface area contributed by atoms with E-state index in [1.54, 1.807) is 6.07 Å². The highest BCUT2D eigenvalue weighted by Crippen LogP contribution is 2.33. The molecule has 0 atom stereocenters. The van der Waals surface area contributed by atoms with E-state index >= 15 is 0 Å².